The summed E-state index contributed by atoms with van der Waals surface area (Å²) in [5, 5.41) is 3.18. The summed E-state index contributed by atoms with van der Waals surface area (Å²) < 4.78 is 3.39. The van der Waals surface area contributed by atoms with Crippen molar-refractivity contribution in [1.29, 1.82) is 0 Å². The molecule has 0 bridgehead atoms. The predicted molar refractivity (Wildman–Crippen MR) is 171 cm³/mol. The summed E-state index contributed by atoms with van der Waals surface area (Å²) >= 11 is 9.98. The van der Waals surface area contributed by atoms with Gasteiger partial charge in [-0.1, -0.05) is 119 Å². The highest BCUT2D eigenvalue weighted by atomic mass is 79.9. The van der Waals surface area contributed by atoms with Crippen molar-refractivity contribution in [3.05, 3.63) is 171 Å². The van der Waals surface area contributed by atoms with E-state index in [1.165, 1.54) is 49.7 Å². The van der Waals surface area contributed by atoms with Crippen molar-refractivity contribution in [1.82, 2.24) is 4.57 Å². The van der Waals surface area contributed by atoms with E-state index in [2.05, 4.69) is 148 Å². The fraction of sp³-hybridized carbons (Fsp3) is 0.0270. The maximum atomic E-state index is 6.27. The molecule has 0 fully saturated rings. The molecule has 0 atom stereocenters. The van der Waals surface area contributed by atoms with Crippen molar-refractivity contribution in [2.75, 3.05) is 0 Å². The van der Waals surface area contributed by atoms with Crippen LogP contribution in [0.3, 0.4) is 0 Å². The molecule has 0 radical (unpaired) electrons. The highest BCUT2D eigenvalue weighted by molar-refractivity contribution is 9.10. The van der Waals surface area contributed by atoms with Crippen LogP contribution in [0.25, 0.3) is 38.6 Å². The molecular weight excluding hydrogens is 574 g/mol. The fourth-order valence-electron chi connectivity index (χ4n) is 6.81. The molecule has 0 spiro atoms. The molecule has 1 aliphatic rings. The van der Waals surface area contributed by atoms with Gasteiger partial charge in [-0.25, -0.2) is 0 Å². The summed E-state index contributed by atoms with van der Waals surface area (Å²) in [6.07, 6.45) is 0. The Kier molecular flexibility index (Phi) is 5.32. The van der Waals surface area contributed by atoms with Gasteiger partial charge in [-0.3, -0.25) is 0 Å². The Morgan fingerprint density at radius 2 is 1.18 bits per heavy atom. The summed E-state index contributed by atoms with van der Waals surface area (Å²) in [7, 11) is 0. The molecule has 0 unspecified atom stereocenters. The zero-order valence-corrected chi connectivity index (χ0v) is 23.8. The van der Waals surface area contributed by atoms with E-state index in [1.54, 1.807) is 0 Å². The Hall–Kier alpha value is -4.11. The molecule has 0 saturated carbocycles. The fourth-order valence-corrected chi connectivity index (χ4v) is 7.28. The molecular formula is C37H23BrClN. The van der Waals surface area contributed by atoms with Gasteiger partial charge in [0.25, 0.3) is 0 Å². The zero-order chi connectivity index (χ0) is 26.8. The van der Waals surface area contributed by atoms with E-state index in [1.807, 2.05) is 12.1 Å². The Bertz CT molecular complexity index is 2030. The molecule has 1 aromatic heterocycles. The number of benzene rings is 6. The van der Waals surface area contributed by atoms with E-state index >= 15 is 0 Å². The van der Waals surface area contributed by atoms with Crippen molar-refractivity contribution in [2.45, 2.75) is 5.41 Å². The topological polar surface area (TPSA) is 4.93 Å². The minimum absolute atomic E-state index is 0.424. The molecule has 7 aromatic rings. The summed E-state index contributed by atoms with van der Waals surface area (Å²) in [6, 6.07) is 50.4. The number of aromatic nitrogens is 1. The second-order valence-corrected chi connectivity index (χ2v) is 11.8. The summed E-state index contributed by atoms with van der Waals surface area (Å²) in [6.45, 7) is 0. The molecule has 1 aliphatic carbocycles. The van der Waals surface area contributed by atoms with Gasteiger partial charge in [0.2, 0.25) is 0 Å². The quantitative estimate of drug-likeness (QED) is 0.191. The van der Waals surface area contributed by atoms with Gasteiger partial charge in [-0.05, 0) is 81.9 Å². The highest BCUT2D eigenvalue weighted by Gasteiger charge is 2.45. The minimum Gasteiger partial charge on any atom is -0.309 e. The first-order chi connectivity index (χ1) is 19.7. The number of hydrogen-bond acceptors (Lipinski definition) is 0. The molecule has 3 heteroatoms. The maximum Gasteiger partial charge on any atom is 0.0713 e. The molecule has 0 saturated heterocycles. The molecule has 6 aromatic carbocycles. The van der Waals surface area contributed by atoms with Crippen molar-refractivity contribution in [3.63, 3.8) is 0 Å². The third kappa shape index (κ3) is 3.27. The van der Waals surface area contributed by atoms with Crippen LogP contribution in [-0.2, 0) is 5.41 Å². The minimum atomic E-state index is -0.424. The molecule has 190 valence electrons. The van der Waals surface area contributed by atoms with Gasteiger partial charge in [0, 0.05) is 26.0 Å². The number of halogens is 2. The zero-order valence-electron chi connectivity index (χ0n) is 21.5. The molecule has 0 N–H and O–H groups in total. The molecule has 1 nitrogen and oxygen atoms in total. The SMILES string of the molecule is Clc1ccc(-n2c3ccc(C4(c5ccccc5)c5ccccc5-c5ccccc54)cc3c3ccc(Br)cc32)cc1. The van der Waals surface area contributed by atoms with Crippen molar-refractivity contribution >= 4 is 49.3 Å². The Morgan fingerprint density at radius 1 is 0.525 bits per heavy atom. The van der Waals surface area contributed by atoms with Gasteiger partial charge in [0.1, 0.15) is 0 Å². The number of rotatable bonds is 3. The second kappa shape index (κ2) is 8.96. The highest BCUT2D eigenvalue weighted by Crippen LogP contribution is 2.56. The maximum absolute atomic E-state index is 6.27. The lowest BCUT2D eigenvalue weighted by Crippen LogP contribution is -2.28. The van der Waals surface area contributed by atoms with Gasteiger partial charge in [-0.2, -0.15) is 0 Å². The molecule has 1 heterocycles. The standard InChI is InChI=1S/C37H23BrClN/c38-26-15-20-31-32-22-25(14-21-35(32)40(36(31)23-26)28-18-16-27(39)17-19-28)37(24-8-2-1-3-9-24)33-12-6-4-10-29(33)30-11-5-7-13-34(30)37/h1-23H. The van der Waals surface area contributed by atoms with E-state index < -0.39 is 5.41 Å². The average molecular weight is 597 g/mol. The first-order valence-electron chi connectivity index (χ1n) is 13.4. The Labute approximate surface area is 246 Å². The molecule has 40 heavy (non-hydrogen) atoms. The van der Waals surface area contributed by atoms with E-state index in [0.717, 1.165) is 20.7 Å². The number of nitrogens with zero attached hydrogens (tertiary/aromatic N) is 1. The molecule has 8 rings (SSSR count). The van der Waals surface area contributed by atoms with Crippen molar-refractivity contribution in [2.24, 2.45) is 0 Å². The van der Waals surface area contributed by atoms with Crippen LogP contribution in [-0.4, -0.2) is 4.57 Å². The Morgan fingerprint density at radius 3 is 1.88 bits per heavy atom. The van der Waals surface area contributed by atoms with Gasteiger partial charge in [-0.15, -0.1) is 0 Å². The number of hydrogen-bond donors (Lipinski definition) is 0. The molecule has 0 amide bonds. The van der Waals surface area contributed by atoms with Crippen LogP contribution < -0.4 is 0 Å². The van der Waals surface area contributed by atoms with Crippen LogP contribution in [0.15, 0.2) is 144 Å². The van der Waals surface area contributed by atoms with Gasteiger partial charge >= 0.3 is 0 Å². The van der Waals surface area contributed by atoms with Crippen LogP contribution >= 0.6 is 27.5 Å². The van der Waals surface area contributed by atoms with Gasteiger partial charge < -0.3 is 4.57 Å². The van der Waals surface area contributed by atoms with Gasteiger partial charge in [0.15, 0.2) is 0 Å². The van der Waals surface area contributed by atoms with Crippen LogP contribution in [0.2, 0.25) is 5.02 Å². The first kappa shape index (κ1) is 23.7. The smallest absolute Gasteiger partial charge is 0.0713 e. The van der Waals surface area contributed by atoms with E-state index in [4.69, 9.17) is 11.6 Å². The predicted octanol–water partition coefficient (Wildman–Crippen LogP) is 10.6. The van der Waals surface area contributed by atoms with E-state index in [0.29, 0.717) is 0 Å². The van der Waals surface area contributed by atoms with E-state index in [-0.39, 0.29) is 0 Å². The number of fused-ring (bicyclic) bond motifs is 6. The van der Waals surface area contributed by atoms with Crippen LogP contribution in [0, 0.1) is 0 Å². The molecule has 0 aliphatic heterocycles. The first-order valence-corrected chi connectivity index (χ1v) is 14.6. The largest absolute Gasteiger partial charge is 0.309 e. The lowest BCUT2D eigenvalue weighted by molar-refractivity contribution is 0.770. The lowest BCUT2D eigenvalue weighted by atomic mass is 9.67. The third-order valence-electron chi connectivity index (χ3n) is 8.41. The van der Waals surface area contributed by atoms with Crippen molar-refractivity contribution < 1.29 is 0 Å². The normalized spacial score (nSPS) is 13.4. The summed E-state index contributed by atoms with van der Waals surface area (Å²) in [5.41, 5.74) is 10.8. The van der Waals surface area contributed by atoms with Gasteiger partial charge in [0.05, 0.1) is 16.4 Å². The summed E-state index contributed by atoms with van der Waals surface area (Å²) in [5.74, 6) is 0. The summed E-state index contributed by atoms with van der Waals surface area (Å²) in [4.78, 5) is 0. The second-order valence-electron chi connectivity index (χ2n) is 10.4. The monoisotopic (exact) mass is 595 g/mol. The van der Waals surface area contributed by atoms with Crippen LogP contribution in [0.5, 0.6) is 0 Å². The third-order valence-corrected chi connectivity index (χ3v) is 9.15. The average Bonchev–Trinajstić information content (AvgIpc) is 3.48. The van der Waals surface area contributed by atoms with Crippen molar-refractivity contribution in [3.8, 4) is 16.8 Å². The lowest BCUT2D eigenvalue weighted by Gasteiger charge is -2.34. The van der Waals surface area contributed by atoms with Crippen LogP contribution in [0.1, 0.15) is 22.3 Å². The Balaban J connectivity index is 1.50. The van der Waals surface area contributed by atoms with Crippen LogP contribution in [0.4, 0.5) is 0 Å². The van der Waals surface area contributed by atoms with E-state index in [9.17, 15) is 0 Å².